The maximum Gasteiger partial charge on any atom is 0.104 e. The van der Waals surface area contributed by atoms with Crippen LogP contribution in [0.3, 0.4) is 0 Å². The molecule has 0 bridgehead atoms. The summed E-state index contributed by atoms with van der Waals surface area (Å²) in [7, 11) is 0. The van der Waals surface area contributed by atoms with Crippen molar-refractivity contribution in [3.63, 3.8) is 0 Å². The van der Waals surface area contributed by atoms with Crippen molar-refractivity contribution >= 4 is 0 Å². The van der Waals surface area contributed by atoms with Crippen molar-refractivity contribution in [2.24, 2.45) is 0 Å². The molecule has 0 aliphatic heterocycles. The van der Waals surface area contributed by atoms with E-state index in [9.17, 15) is 4.39 Å². The van der Waals surface area contributed by atoms with Crippen LogP contribution in [0, 0.1) is 0 Å². The lowest BCUT2D eigenvalue weighted by Gasteiger charge is -2.14. The van der Waals surface area contributed by atoms with E-state index in [1.807, 2.05) is 6.92 Å². The van der Waals surface area contributed by atoms with Gasteiger partial charge in [-0.15, -0.1) is 0 Å². The van der Waals surface area contributed by atoms with E-state index in [0.717, 1.165) is 24.8 Å². The third kappa shape index (κ3) is 2.98. The first-order valence-electron chi connectivity index (χ1n) is 5.30. The van der Waals surface area contributed by atoms with Crippen LogP contribution in [0.5, 0.6) is 0 Å². The quantitative estimate of drug-likeness (QED) is 0.560. The summed E-state index contributed by atoms with van der Waals surface area (Å²) in [5, 5.41) is 0. The Bertz CT molecular complexity index is 223. The van der Waals surface area contributed by atoms with Crippen LogP contribution < -0.4 is 0 Å². The zero-order valence-corrected chi connectivity index (χ0v) is 8.70. The monoisotopic (exact) mass is 182 g/mol. The smallest absolute Gasteiger partial charge is 0.104 e. The molecule has 0 saturated carbocycles. The van der Waals surface area contributed by atoms with Gasteiger partial charge in [0.1, 0.15) is 5.83 Å². The normalized spacial score (nSPS) is 17.6. The van der Waals surface area contributed by atoms with Crippen molar-refractivity contribution in [2.45, 2.75) is 52.4 Å². The van der Waals surface area contributed by atoms with Crippen molar-refractivity contribution < 1.29 is 4.39 Å². The average molecular weight is 182 g/mol. The van der Waals surface area contributed by atoms with Gasteiger partial charge >= 0.3 is 0 Å². The molecule has 0 aromatic carbocycles. The molecule has 1 rings (SSSR count). The van der Waals surface area contributed by atoms with Gasteiger partial charge in [-0.25, -0.2) is 4.39 Å². The van der Waals surface area contributed by atoms with E-state index in [2.05, 4.69) is 13.0 Å². The van der Waals surface area contributed by atoms with Crippen LogP contribution in [-0.2, 0) is 0 Å². The highest BCUT2D eigenvalue weighted by Crippen LogP contribution is 2.29. The zero-order chi connectivity index (χ0) is 9.68. The first-order chi connectivity index (χ1) is 6.25. The van der Waals surface area contributed by atoms with Crippen LogP contribution in [0.2, 0.25) is 0 Å². The van der Waals surface area contributed by atoms with E-state index in [0.29, 0.717) is 6.42 Å². The Morgan fingerprint density at radius 1 is 1.38 bits per heavy atom. The summed E-state index contributed by atoms with van der Waals surface area (Å²) < 4.78 is 13.4. The molecule has 0 radical (unpaired) electrons. The van der Waals surface area contributed by atoms with Crippen molar-refractivity contribution in [1.29, 1.82) is 0 Å². The van der Waals surface area contributed by atoms with Gasteiger partial charge in [-0.05, 0) is 37.3 Å². The molecule has 0 unspecified atom stereocenters. The predicted octanol–water partition coefficient (Wildman–Crippen LogP) is 4.53. The van der Waals surface area contributed by atoms with Gasteiger partial charge in [0.25, 0.3) is 0 Å². The van der Waals surface area contributed by atoms with Gasteiger partial charge in [-0.3, -0.25) is 0 Å². The fourth-order valence-corrected chi connectivity index (χ4v) is 1.79. The van der Waals surface area contributed by atoms with Gasteiger partial charge in [0.05, 0.1) is 0 Å². The highest BCUT2D eigenvalue weighted by Gasteiger charge is 2.11. The lowest BCUT2D eigenvalue weighted by Crippen LogP contribution is -1.96. The number of halogens is 1. The van der Waals surface area contributed by atoms with E-state index in [-0.39, 0.29) is 5.83 Å². The van der Waals surface area contributed by atoms with Gasteiger partial charge in [-0.2, -0.15) is 0 Å². The second kappa shape index (κ2) is 5.21. The van der Waals surface area contributed by atoms with Crippen molar-refractivity contribution in [2.75, 3.05) is 0 Å². The highest BCUT2D eigenvalue weighted by molar-refractivity contribution is 5.34. The maximum atomic E-state index is 13.4. The molecule has 0 fully saturated rings. The molecule has 0 aromatic rings. The molecule has 0 amide bonds. The molecule has 0 spiro atoms. The average Bonchev–Trinajstić information content (AvgIpc) is 2.10. The van der Waals surface area contributed by atoms with E-state index in [1.165, 1.54) is 18.4 Å². The van der Waals surface area contributed by atoms with Crippen LogP contribution in [-0.4, -0.2) is 0 Å². The van der Waals surface area contributed by atoms with Crippen molar-refractivity contribution in [3.8, 4) is 0 Å². The third-order valence-corrected chi connectivity index (χ3v) is 2.65. The van der Waals surface area contributed by atoms with Crippen LogP contribution in [0.25, 0.3) is 0 Å². The summed E-state index contributed by atoms with van der Waals surface area (Å²) in [5.74, 6) is 0.135. The van der Waals surface area contributed by atoms with Gasteiger partial charge in [0.15, 0.2) is 0 Å². The topological polar surface area (TPSA) is 0 Å². The van der Waals surface area contributed by atoms with Gasteiger partial charge in [-0.1, -0.05) is 25.8 Å². The lowest BCUT2D eigenvalue weighted by molar-refractivity contribution is 0.560. The highest BCUT2D eigenvalue weighted by atomic mass is 19.1. The Morgan fingerprint density at radius 3 is 2.77 bits per heavy atom. The summed E-state index contributed by atoms with van der Waals surface area (Å²) in [5.41, 5.74) is 2.15. The zero-order valence-electron chi connectivity index (χ0n) is 8.70. The van der Waals surface area contributed by atoms with E-state index in [1.54, 1.807) is 0 Å². The minimum absolute atomic E-state index is 0.135. The Balaban J connectivity index is 2.50. The SMILES string of the molecule is CCCCCC1=C(F)CCC=C1C. The Morgan fingerprint density at radius 2 is 2.15 bits per heavy atom. The number of unbranched alkanes of at least 4 members (excludes halogenated alkanes) is 2. The summed E-state index contributed by atoms with van der Waals surface area (Å²) in [6.45, 7) is 4.20. The molecule has 0 N–H and O–H groups in total. The standard InChI is InChI=1S/C12H19F/c1-3-4-5-8-11-10(2)7-6-9-12(11)13/h7H,3-6,8-9H2,1-2H3. The first-order valence-corrected chi connectivity index (χ1v) is 5.30. The molecule has 13 heavy (non-hydrogen) atoms. The molecule has 0 atom stereocenters. The Labute approximate surface area is 80.5 Å². The van der Waals surface area contributed by atoms with Crippen LogP contribution in [0.15, 0.2) is 23.0 Å². The fourth-order valence-electron chi connectivity index (χ4n) is 1.79. The number of allylic oxidation sites excluding steroid dienone is 4. The molecule has 1 heteroatoms. The minimum atomic E-state index is 0.135. The molecule has 74 valence electrons. The maximum absolute atomic E-state index is 13.4. The summed E-state index contributed by atoms with van der Waals surface area (Å²) >= 11 is 0. The van der Waals surface area contributed by atoms with Crippen LogP contribution >= 0.6 is 0 Å². The third-order valence-electron chi connectivity index (χ3n) is 2.65. The van der Waals surface area contributed by atoms with E-state index in [4.69, 9.17) is 0 Å². The molecule has 1 aliphatic carbocycles. The molecular weight excluding hydrogens is 163 g/mol. The molecule has 0 aromatic heterocycles. The lowest BCUT2D eigenvalue weighted by atomic mass is 9.94. The van der Waals surface area contributed by atoms with E-state index >= 15 is 0 Å². The Hall–Kier alpha value is -0.590. The van der Waals surface area contributed by atoms with Gasteiger partial charge in [0, 0.05) is 6.42 Å². The van der Waals surface area contributed by atoms with Gasteiger partial charge in [0.2, 0.25) is 0 Å². The number of hydrogen-bond donors (Lipinski definition) is 0. The fraction of sp³-hybridized carbons (Fsp3) is 0.667. The van der Waals surface area contributed by atoms with E-state index < -0.39 is 0 Å². The summed E-state index contributed by atoms with van der Waals surface area (Å²) in [6, 6.07) is 0. The number of hydrogen-bond acceptors (Lipinski definition) is 0. The summed E-state index contributed by atoms with van der Waals surface area (Å²) in [6.07, 6.45) is 8.15. The molecular formula is C12H19F. The van der Waals surface area contributed by atoms with Crippen molar-refractivity contribution in [3.05, 3.63) is 23.0 Å². The molecule has 0 saturated heterocycles. The van der Waals surface area contributed by atoms with Gasteiger partial charge < -0.3 is 0 Å². The molecule has 0 heterocycles. The number of rotatable bonds is 4. The van der Waals surface area contributed by atoms with Crippen LogP contribution in [0.1, 0.15) is 52.4 Å². The largest absolute Gasteiger partial charge is 0.212 e. The summed E-state index contributed by atoms with van der Waals surface area (Å²) in [4.78, 5) is 0. The van der Waals surface area contributed by atoms with Crippen molar-refractivity contribution in [1.82, 2.24) is 0 Å². The second-order valence-corrected chi connectivity index (χ2v) is 3.77. The minimum Gasteiger partial charge on any atom is -0.212 e. The second-order valence-electron chi connectivity index (χ2n) is 3.77. The van der Waals surface area contributed by atoms with Crippen LogP contribution in [0.4, 0.5) is 4.39 Å². The predicted molar refractivity (Wildman–Crippen MR) is 55.3 cm³/mol. The first kappa shape index (κ1) is 10.5. The molecule has 0 nitrogen and oxygen atoms in total. The molecule has 1 aliphatic rings. The Kier molecular flexibility index (Phi) is 4.20.